The minimum atomic E-state index is -1.09. The predicted octanol–water partition coefficient (Wildman–Crippen LogP) is 3.23. The number of amides is 1. The molecule has 1 fully saturated rings. The van der Waals surface area contributed by atoms with Crippen LogP contribution in [0, 0.1) is 16.7 Å². The Balaban J connectivity index is 1.83. The number of likely N-dealkylation sites (tertiary alicyclic amines) is 1. The number of aliphatic hydroxyl groups excluding tert-OH is 2. The van der Waals surface area contributed by atoms with Crippen LogP contribution in [0.4, 0.5) is 0 Å². The quantitative estimate of drug-likeness (QED) is 0.292. The van der Waals surface area contributed by atoms with Crippen LogP contribution in [0.3, 0.4) is 0 Å². The van der Waals surface area contributed by atoms with Crippen LogP contribution in [-0.4, -0.2) is 70.5 Å². The molecule has 1 amide bonds. The van der Waals surface area contributed by atoms with Crippen molar-refractivity contribution in [2.75, 3.05) is 26.2 Å². The lowest BCUT2D eigenvalue weighted by Gasteiger charge is -2.37. The third kappa shape index (κ3) is 6.84. The van der Waals surface area contributed by atoms with Gasteiger partial charge in [0.05, 0.1) is 23.1 Å². The normalized spacial score (nSPS) is 25.3. The molecule has 0 aromatic carbocycles. The summed E-state index contributed by atoms with van der Waals surface area (Å²) < 4.78 is 0. The van der Waals surface area contributed by atoms with Crippen LogP contribution in [0.2, 0.25) is 0 Å². The number of fused-ring (bicyclic) bond motifs is 1. The Bertz CT molecular complexity index is 1040. The first-order valence-corrected chi connectivity index (χ1v) is 13.8. The molecule has 0 bridgehead atoms. The van der Waals surface area contributed by atoms with Crippen LogP contribution in [0.15, 0.2) is 72.3 Å². The van der Waals surface area contributed by atoms with E-state index in [2.05, 4.69) is 47.3 Å². The van der Waals surface area contributed by atoms with Crippen molar-refractivity contribution >= 4 is 5.91 Å². The van der Waals surface area contributed by atoms with E-state index >= 15 is 0 Å². The Kier molecular flexibility index (Phi) is 11.0. The van der Waals surface area contributed by atoms with Gasteiger partial charge in [0.1, 0.15) is 0 Å². The van der Waals surface area contributed by atoms with E-state index in [-0.39, 0.29) is 24.6 Å². The smallest absolute Gasteiger partial charge is 0.252 e. The Morgan fingerprint density at radius 2 is 2.16 bits per heavy atom. The zero-order chi connectivity index (χ0) is 27.5. The van der Waals surface area contributed by atoms with Crippen molar-refractivity contribution in [3.63, 3.8) is 0 Å². The van der Waals surface area contributed by atoms with E-state index in [1.165, 1.54) is 0 Å². The van der Waals surface area contributed by atoms with E-state index in [9.17, 15) is 20.3 Å². The third-order valence-electron chi connectivity index (χ3n) is 7.70. The lowest BCUT2D eigenvalue weighted by Crippen LogP contribution is -2.45. The number of allylic oxidation sites excluding steroid dienone is 4. The van der Waals surface area contributed by atoms with E-state index in [0.717, 1.165) is 43.6 Å². The first-order valence-electron chi connectivity index (χ1n) is 13.8. The molecule has 3 rings (SSSR count). The van der Waals surface area contributed by atoms with E-state index in [4.69, 9.17) is 0 Å². The molecule has 1 saturated heterocycles. The van der Waals surface area contributed by atoms with Gasteiger partial charge in [0.2, 0.25) is 0 Å². The van der Waals surface area contributed by atoms with Crippen molar-refractivity contribution in [3.05, 3.63) is 72.3 Å². The first-order chi connectivity index (χ1) is 18.4. The number of hydrogen-bond acceptors (Lipinski definition) is 7. The predicted molar refractivity (Wildman–Crippen MR) is 150 cm³/mol. The fourth-order valence-electron chi connectivity index (χ4n) is 5.44. The van der Waals surface area contributed by atoms with Crippen LogP contribution in [-0.2, 0) is 4.79 Å². The average molecular weight is 522 g/mol. The average Bonchev–Trinajstić information content (AvgIpc) is 3.15. The van der Waals surface area contributed by atoms with Crippen LogP contribution in [0.1, 0.15) is 52.4 Å². The molecule has 3 heterocycles. The monoisotopic (exact) mass is 521 g/mol. The van der Waals surface area contributed by atoms with E-state index in [1.54, 1.807) is 17.3 Å². The number of rotatable bonds is 12. The second-order valence-electron chi connectivity index (χ2n) is 10.2. The van der Waals surface area contributed by atoms with Gasteiger partial charge >= 0.3 is 0 Å². The summed E-state index contributed by atoms with van der Waals surface area (Å²) in [5.41, 5.74) is 1.58. The summed E-state index contributed by atoms with van der Waals surface area (Å²) in [6.07, 6.45) is 18.6. The first kappa shape index (κ1) is 29.4. The Morgan fingerprint density at radius 1 is 1.34 bits per heavy atom. The number of aliphatic hydroxyl groups is 2. The standard InChI is InChI=1S/C30H43N5O3/c1-4-7-12-27(32-6-3)30(22-31)14-10-16-34(18-15-30)21-23-20-25(28(37)33-24(5-2)13-19-36)29(38)35-17-9-8-11-26(23)35/h6-9,11-12,17,20,24,27,29,32,36,38H,3-5,10,13-16,18-19,21H2,1-2H3,(H,33,37)/b12-7-. The molecule has 0 radical (unpaired) electrons. The van der Waals surface area contributed by atoms with Gasteiger partial charge in [-0.15, -0.1) is 0 Å². The molecule has 0 spiro atoms. The van der Waals surface area contributed by atoms with Crippen molar-refractivity contribution in [1.29, 1.82) is 5.26 Å². The van der Waals surface area contributed by atoms with Crippen molar-refractivity contribution < 1.29 is 15.0 Å². The second-order valence-corrected chi connectivity index (χ2v) is 10.2. The van der Waals surface area contributed by atoms with Gasteiger partial charge in [-0.3, -0.25) is 9.69 Å². The maximum Gasteiger partial charge on any atom is 0.252 e. The molecule has 3 aliphatic heterocycles. The third-order valence-corrected chi connectivity index (χ3v) is 7.70. The molecular weight excluding hydrogens is 478 g/mol. The highest BCUT2D eigenvalue weighted by molar-refractivity contribution is 5.95. The molecule has 3 aliphatic rings. The van der Waals surface area contributed by atoms with Gasteiger partial charge in [-0.25, -0.2) is 0 Å². The molecule has 0 saturated carbocycles. The zero-order valence-electron chi connectivity index (χ0n) is 22.8. The minimum Gasteiger partial charge on any atom is -0.396 e. The highest BCUT2D eigenvalue weighted by Crippen LogP contribution is 2.36. The summed E-state index contributed by atoms with van der Waals surface area (Å²) >= 11 is 0. The number of nitrogens with zero attached hydrogens (tertiary/aromatic N) is 3. The molecule has 8 nitrogen and oxygen atoms in total. The summed E-state index contributed by atoms with van der Waals surface area (Å²) in [6.45, 7) is 10.0. The van der Waals surface area contributed by atoms with Crippen LogP contribution in [0.5, 0.6) is 0 Å². The minimum absolute atomic E-state index is 0.00803. The van der Waals surface area contributed by atoms with Gasteiger partial charge in [0, 0.05) is 37.6 Å². The largest absolute Gasteiger partial charge is 0.396 e. The molecule has 0 aromatic heterocycles. The topological polar surface area (TPSA) is 112 Å². The SMILES string of the molecule is C=CNC(/C=C\CC)C1(C#N)CCCN(CC2=C3C=CC=CN3C(O)C(C(=O)NC(CC)CCO)=C2)CC1. The van der Waals surface area contributed by atoms with Gasteiger partial charge in [0.15, 0.2) is 6.23 Å². The maximum absolute atomic E-state index is 13.2. The van der Waals surface area contributed by atoms with E-state index in [1.807, 2.05) is 31.2 Å². The second kappa shape index (κ2) is 14.1. The van der Waals surface area contributed by atoms with Gasteiger partial charge in [0.25, 0.3) is 5.91 Å². The zero-order valence-corrected chi connectivity index (χ0v) is 22.8. The highest BCUT2D eigenvalue weighted by atomic mass is 16.3. The molecule has 4 unspecified atom stereocenters. The van der Waals surface area contributed by atoms with Crippen molar-refractivity contribution in [2.24, 2.45) is 5.41 Å². The molecule has 0 aromatic rings. The van der Waals surface area contributed by atoms with E-state index in [0.29, 0.717) is 31.4 Å². The number of carbonyl (C=O) groups excluding carboxylic acids is 1. The summed E-state index contributed by atoms with van der Waals surface area (Å²) in [7, 11) is 0. The van der Waals surface area contributed by atoms with Gasteiger partial charge in [-0.2, -0.15) is 5.26 Å². The van der Waals surface area contributed by atoms with Crippen LogP contribution in [0.25, 0.3) is 0 Å². The van der Waals surface area contributed by atoms with E-state index < -0.39 is 11.6 Å². The van der Waals surface area contributed by atoms with Crippen molar-refractivity contribution in [3.8, 4) is 6.07 Å². The van der Waals surface area contributed by atoms with Gasteiger partial charge in [-0.05, 0) is 75.1 Å². The summed E-state index contributed by atoms with van der Waals surface area (Å²) in [5.74, 6) is -0.322. The fraction of sp³-hybridized carbons (Fsp3) is 0.533. The lowest BCUT2D eigenvalue weighted by atomic mass is 9.75. The van der Waals surface area contributed by atoms with Gasteiger partial charge in [-0.1, -0.05) is 38.7 Å². The molecule has 4 atom stereocenters. The maximum atomic E-state index is 13.2. The molecule has 206 valence electrons. The summed E-state index contributed by atoms with van der Waals surface area (Å²) in [6, 6.07) is 2.38. The lowest BCUT2D eigenvalue weighted by molar-refractivity contribution is -0.120. The highest BCUT2D eigenvalue weighted by Gasteiger charge is 2.39. The van der Waals surface area contributed by atoms with Crippen LogP contribution < -0.4 is 10.6 Å². The number of nitrogens with one attached hydrogen (secondary N) is 2. The molecule has 4 N–H and O–H groups in total. The molecule has 0 aliphatic carbocycles. The Hall–Kier alpha value is -3.12. The van der Waals surface area contributed by atoms with Crippen molar-refractivity contribution in [2.45, 2.75) is 70.7 Å². The molecule has 8 heteroatoms. The number of nitriles is 1. The van der Waals surface area contributed by atoms with Gasteiger partial charge < -0.3 is 25.7 Å². The number of hydrogen-bond donors (Lipinski definition) is 4. The van der Waals surface area contributed by atoms with Crippen LogP contribution >= 0.6 is 0 Å². The Morgan fingerprint density at radius 3 is 2.84 bits per heavy atom. The summed E-state index contributed by atoms with van der Waals surface area (Å²) in [4.78, 5) is 17.3. The van der Waals surface area contributed by atoms with Crippen molar-refractivity contribution in [1.82, 2.24) is 20.4 Å². The molecular formula is C30H43N5O3. The Labute approximate surface area is 227 Å². The molecule has 38 heavy (non-hydrogen) atoms. The number of carbonyl (C=O) groups is 1. The fourth-order valence-corrected chi connectivity index (χ4v) is 5.44. The summed E-state index contributed by atoms with van der Waals surface area (Å²) in [5, 5.41) is 36.9.